The van der Waals surface area contributed by atoms with E-state index in [0.29, 0.717) is 17.1 Å². The number of rotatable bonds is 6. The lowest BCUT2D eigenvalue weighted by atomic mass is 10.1. The molecule has 2 bridgehead atoms. The van der Waals surface area contributed by atoms with Crippen LogP contribution in [0, 0.1) is 0 Å². The zero-order chi connectivity index (χ0) is 26.2. The molecule has 38 heavy (non-hydrogen) atoms. The van der Waals surface area contributed by atoms with Gasteiger partial charge in [0.1, 0.15) is 5.75 Å². The number of phenolic OH excluding ortho intramolecular Hbond substituents is 1. The highest BCUT2D eigenvalue weighted by Gasteiger charge is 2.42. The molecule has 0 spiro atoms. The number of nitrogen functional groups attached to an aromatic ring is 1. The summed E-state index contributed by atoms with van der Waals surface area (Å²) in [6.45, 7) is 1.53. The summed E-state index contributed by atoms with van der Waals surface area (Å²) < 4.78 is 0. The quantitative estimate of drug-likeness (QED) is 0.357. The summed E-state index contributed by atoms with van der Waals surface area (Å²) in [5, 5.41) is 18.7. The summed E-state index contributed by atoms with van der Waals surface area (Å²) in [5.74, 6) is 0.907. The molecule has 10 heteroatoms. The highest BCUT2D eigenvalue weighted by Crippen LogP contribution is 2.38. The molecule has 2 fully saturated rings. The Balaban J connectivity index is 1.20. The van der Waals surface area contributed by atoms with E-state index in [-0.39, 0.29) is 30.2 Å². The number of anilines is 3. The van der Waals surface area contributed by atoms with Gasteiger partial charge in [-0.2, -0.15) is 0 Å². The maximum absolute atomic E-state index is 11.1. The largest absolute Gasteiger partial charge is 0.507 e. The third kappa shape index (κ3) is 4.45. The Morgan fingerprint density at radius 2 is 1.63 bits per heavy atom. The summed E-state index contributed by atoms with van der Waals surface area (Å²) in [4.78, 5) is 25.2. The van der Waals surface area contributed by atoms with E-state index in [1.54, 1.807) is 12.1 Å². The number of hydrogen-bond acceptors (Lipinski definition) is 9. The molecule has 2 saturated heterocycles. The molecule has 5 N–H and O–H groups in total. The Morgan fingerprint density at radius 3 is 2.29 bits per heavy atom. The number of fused-ring (bicyclic) bond motifs is 2. The summed E-state index contributed by atoms with van der Waals surface area (Å²) in [5.41, 5.74) is 16.4. The number of carbonyl (C=O) groups excluding carboxylic acids is 1. The van der Waals surface area contributed by atoms with Crippen LogP contribution in [0.3, 0.4) is 0 Å². The van der Waals surface area contributed by atoms with E-state index >= 15 is 0 Å². The van der Waals surface area contributed by atoms with Crippen molar-refractivity contribution in [1.29, 1.82) is 0 Å². The van der Waals surface area contributed by atoms with Gasteiger partial charge in [-0.05, 0) is 42.2 Å². The minimum atomic E-state index is -0.348. The van der Waals surface area contributed by atoms with Crippen LogP contribution in [0.1, 0.15) is 18.4 Å². The van der Waals surface area contributed by atoms with E-state index in [4.69, 9.17) is 21.4 Å². The molecule has 4 heterocycles. The average Bonchev–Trinajstić information content (AvgIpc) is 3.18. The Kier molecular flexibility index (Phi) is 5.99. The molecule has 6 rings (SSSR count). The molecule has 2 aliphatic rings. The molecular formula is C28H28N8O2. The van der Waals surface area contributed by atoms with E-state index in [9.17, 15) is 9.90 Å². The van der Waals surface area contributed by atoms with E-state index < -0.39 is 0 Å². The second-order valence-corrected chi connectivity index (χ2v) is 9.83. The third-order valence-corrected chi connectivity index (χ3v) is 7.34. The van der Waals surface area contributed by atoms with Crippen LogP contribution in [0.4, 0.5) is 17.5 Å². The molecular weight excluding hydrogens is 480 g/mol. The number of aromatic hydroxyl groups is 1. The van der Waals surface area contributed by atoms with Crippen LogP contribution in [-0.2, 0) is 11.2 Å². The van der Waals surface area contributed by atoms with Crippen molar-refractivity contribution < 1.29 is 9.90 Å². The first-order valence-electron chi connectivity index (χ1n) is 12.6. The van der Waals surface area contributed by atoms with Crippen LogP contribution in [-0.4, -0.2) is 56.4 Å². The number of para-hydroxylation sites is 1. The highest BCUT2D eigenvalue weighted by molar-refractivity contribution is 5.77. The molecule has 10 nitrogen and oxygen atoms in total. The fourth-order valence-corrected chi connectivity index (χ4v) is 5.51. The van der Waals surface area contributed by atoms with E-state index in [1.807, 2.05) is 54.9 Å². The molecule has 2 aromatic carbocycles. The van der Waals surface area contributed by atoms with Crippen molar-refractivity contribution >= 4 is 23.4 Å². The smallest absolute Gasteiger partial charge is 0.225 e. The maximum Gasteiger partial charge on any atom is 0.225 e. The number of amides is 1. The summed E-state index contributed by atoms with van der Waals surface area (Å²) in [6.07, 6.45) is 6.00. The standard InChI is InChI=1S/C28H28N8O2/c29-26(38)11-17-5-7-18(8-6-17)19-13-31-28(32-14-19)36-20-9-10-21(36)16-35(15-20)24-12-23(33-34-27(24)30)22-3-1-2-4-25(22)37/h1-8,12-14,20-21,37H,9-11,15-16H2,(H2,29,38)(H2,30,34). The van der Waals surface area contributed by atoms with E-state index in [1.165, 1.54) is 0 Å². The Morgan fingerprint density at radius 1 is 0.947 bits per heavy atom. The number of piperazine rings is 1. The predicted octanol–water partition coefficient (Wildman–Crippen LogP) is 2.77. The first-order chi connectivity index (χ1) is 18.5. The van der Waals surface area contributed by atoms with Gasteiger partial charge in [-0.3, -0.25) is 4.79 Å². The van der Waals surface area contributed by atoms with Crippen LogP contribution in [0.15, 0.2) is 67.0 Å². The SMILES string of the molecule is NC(=O)Cc1ccc(-c2cnc(N3C4CCC3CN(c3cc(-c5ccccc5O)nnc3N)C4)nc2)cc1. The van der Waals surface area contributed by atoms with Crippen LogP contribution in [0.25, 0.3) is 22.4 Å². The van der Waals surface area contributed by atoms with Gasteiger partial charge >= 0.3 is 0 Å². The van der Waals surface area contributed by atoms with Crippen LogP contribution in [0.2, 0.25) is 0 Å². The summed E-state index contributed by atoms with van der Waals surface area (Å²) in [7, 11) is 0. The lowest BCUT2D eigenvalue weighted by Gasteiger charge is -2.42. The number of nitrogens with two attached hydrogens (primary N) is 2. The highest BCUT2D eigenvalue weighted by atomic mass is 16.3. The Bertz CT molecular complexity index is 1460. The van der Waals surface area contributed by atoms with Crippen molar-refractivity contribution in [3.05, 3.63) is 72.6 Å². The van der Waals surface area contributed by atoms with Crippen molar-refractivity contribution in [1.82, 2.24) is 20.2 Å². The molecule has 0 saturated carbocycles. The fourth-order valence-electron chi connectivity index (χ4n) is 5.51. The second kappa shape index (κ2) is 9.62. The van der Waals surface area contributed by atoms with Gasteiger partial charge in [0.2, 0.25) is 11.9 Å². The second-order valence-electron chi connectivity index (χ2n) is 9.83. The Hall–Kier alpha value is -4.73. The van der Waals surface area contributed by atoms with Gasteiger partial charge in [-0.25, -0.2) is 9.97 Å². The minimum Gasteiger partial charge on any atom is -0.507 e. The van der Waals surface area contributed by atoms with Gasteiger partial charge in [0.15, 0.2) is 5.82 Å². The number of nitrogens with zero attached hydrogens (tertiary/aromatic N) is 6. The predicted molar refractivity (Wildman–Crippen MR) is 145 cm³/mol. The van der Waals surface area contributed by atoms with Crippen molar-refractivity contribution in [2.24, 2.45) is 5.73 Å². The lowest BCUT2D eigenvalue weighted by Crippen LogP contribution is -2.54. The van der Waals surface area contributed by atoms with Crippen molar-refractivity contribution in [2.45, 2.75) is 31.3 Å². The minimum absolute atomic E-state index is 0.157. The van der Waals surface area contributed by atoms with Crippen LogP contribution in [0.5, 0.6) is 5.75 Å². The zero-order valence-electron chi connectivity index (χ0n) is 20.7. The van der Waals surface area contributed by atoms with Crippen LogP contribution >= 0.6 is 0 Å². The van der Waals surface area contributed by atoms with Gasteiger partial charge in [0, 0.05) is 48.7 Å². The van der Waals surface area contributed by atoms with Gasteiger partial charge in [0.05, 0.1) is 17.8 Å². The Labute approximate surface area is 220 Å². The number of benzene rings is 2. The molecule has 192 valence electrons. The normalized spacial score (nSPS) is 18.5. The molecule has 0 aliphatic carbocycles. The first kappa shape index (κ1) is 23.7. The van der Waals surface area contributed by atoms with Crippen LogP contribution < -0.4 is 21.3 Å². The molecule has 2 unspecified atom stereocenters. The number of phenols is 1. The monoisotopic (exact) mass is 508 g/mol. The summed E-state index contributed by atoms with van der Waals surface area (Å²) >= 11 is 0. The lowest BCUT2D eigenvalue weighted by molar-refractivity contribution is -0.117. The summed E-state index contributed by atoms with van der Waals surface area (Å²) in [6, 6.07) is 17.2. The number of carbonyl (C=O) groups is 1. The van der Waals surface area contributed by atoms with Gasteiger partial charge in [-0.15, -0.1) is 10.2 Å². The third-order valence-electron chi connectivity index (χ3n) is 7.34. The number of hydrogen-bond donors (Lipinski definition) is 3. The molecule has 2 aliphatic heterocycles. The fraction of sp³-hybridized carbons (Fsp3) is 0.250. The van der Waals surface area contributed by atoms with E-state index in [2.05, 4.69) is 20.0 Å². The first-order valence-corrected chi connectivity index (χ1v) is 12.6. The van der Waals surface area contributed by atoms with Gasteiger partial charge < -0.3 is 26.4 Å². The maximum atomic E-state index is 11.1. The van der Waals surface area contributed by atoms with Gasteiger partial charge in [-0.1, -0.05) is 36.4 Å². The van der Waals surface area contributed by atoms with Crippen molar-refractivity contribution in [3.63, 3.8) is 0 Å². The molecule has 1 amide bonds. The van der Waals surface area contributed by atoms with Crippen molar-refractivity contribution in [2.75, 3.05) is 28.6 Å². The molecule has 0 radical (unpaired) electrons. The topological polar surface area (TPSA) is 147 Å². The van der Waals surface area contributed by atoms with Gasteiger partial charge in [0.25, 0.3) is 0 Å². The van der Waals surface area contributed by atoms with Crippen molar-refractivity contribution in [3.8, 4) is 28.1 Å². The number of aromatic nitrogens is 4. The molecule has 2 aromatic heterocycles. The number of primary amides is 1. The molecule has 4 aromatic rings. The van der Waals surface area contributed by atoms with E-state index in [0.717, 1.165) is 54.3 Å². The average molecular weight is 509 g/mol. The zero-order valence-corrected chi connectivity index (χ0v) is 20.7. The molecule has 2 atom stereocenters.